The van der Waals surface area contributed by atoms with E-state index in [2.05, 4.69) is 20.8 Å². The summed E-state index contributed by atoms with van der Waals surface area (Å²) in [6.07, 6.45) is 7.48. The van der Waals surface area contributed by atoms with E-state index in [1.165, 1.54) is 32.1 Å². The number of rotatable bonds is 1. The second-order valence-corrected chi connectivity index (χ2v) is 5.49. The Hall–Kier alpha value is 0. The van der Waals surface area contributed by atoms with Gasteiger partial charge in [-0.3, -0.25) is 0 Å². The molecule has 70 valence electrons. The molecule has 0 saturated heterocycles. The van der Waals surface area contributed by atoms with Gasteiger partial charge in [0.1, 0.15) is 0 Å². The van der Waals surface area contributed by atoms with Crippen molar-refractivity contribution in [2.24, 2.45) is 23.2 Å². The molecular formula is C12H22. The molecule has 2 aliphatic rings. The minimum atomic E-state index is 0.781. The van der Waals surface area contributed by atoms with E-state index >= 15 is 0 Å². The smallest absolute Gasteiger partial charge is 0.0292 e. The number of hydrogen-bond acceptors (Lipinski definition) is 0. The summed E-state index contributed by atoms with van der Waals surface area (Å²) < 4.78 is 0. The SMILES string of the molecule is CCC1CCC2(C)CC2C(C)C1. The molecule has 2 fully saturated rings. The molecule has 0 heterocycles. The summed E-state index contributed by atoms with van der Waals surface area (Å²) >= 11 is 0. The molecule has 2 saturated carbocycles. The third kappa shape index (κ3) is 1.30. The second-order valence-electron chi connectivity index (χ2n) is 5.49. The van der Waals surface area contributed by atoms with E-state index in [-0.39, 0.29) is 0 Å². The summed E-state index contributed by atoms with van der Waals surface area (Å²) in [6.45, 7) is 7.34. The van der Waals surface area contributed by atoms with Crippen LogP contribution >= 0.6 is 0 Å². The maximum atomic E-state index is 2.51. The van der Waals surface area contributed by atoms with E-state index in [4.69, 9.17) is 0 Å². The van der Waals surface area contributed by atoms with Gasteiger partial charge in [0.25, 0.3) is 0 Å². The fraction of sp³-hybridized carbons (Fsp3) is 1.00. The highest BCUT2D eigenvalue weighted by Crippen LogP contribution is 2.62. The second kappa shape index (κ2) is 2.75. The Morgan fingerprint density at radius 2 is 2.17 bits per heavy atom. The minimum Gasteiger partial charge on any atom is -0.0651 e. The van der Waals surface area contributed by atoms with Crippen LogP contribution in [0.25, 0.3) is 0 Å². The normalized spacial score (nSPS) is 52.8. The highest BCUT2D eigenvalue weighted by molar-refractivity contribution is 5.03. The predicted octanol–water partition coefficient (Wildman–Crippen LogP) is 3.86. The van der Waals surface area contributed by atoms with Gasteiger partial charge in [0.05, 0.1) is 0 Å². The Balaban J connectivity index is 2.01. The lowest BCUT2D eigenvalue weighted by atomic mass is 9.90. The minimum absolute atomic E-state index is 0.781. The average molecular weight is 166 g/mol. The zero-order chi connectivity index (χ0) is 8.77. The summed E-state index contributed by atoms with van der Waals surface area (Å²) in [7, 11) is 0. The molecule has 0 bridgehead atoms. The predicted molar refractivity (Wildman–Crippen MR) is 53.0 cm³/mol. The average Bonchev–Trinajstić information content (AvgIpc) is 2.71. The molecule has 2 rings (SSSR count). The fourth-order valence-corrected chi connectivity index (χ4v) is 3.33. The van der Waals surface area contributed by atoms with Crippen molar-refractivity contribution in [3.63, 3.8) is 0 Å². The summed E-state index contributed by atoms with van der Waals surface area (Å²) in [6, 6.07) is 0. The maximum Gasteiger partial charge on any atom is -0.0292 e. The van der Waals surface area contributed by atoms with Gasteiger partial charge >= 0.3 is 0 Å². The van der Waals surface area contributed by atoms with Gasteiger partial charge in [-0.1, -0.05) is 27.2 Å². The van der Waals surface area contributed by atoms with E-state index in [0.717, 1.165) is 23.2 Å². The first-order valence-electron chi connectivity index (χ1n) is 5.65. The largest absolute Gasteiger partial charge is 0.0651 e. The van der Waals surface area contributed by atoms with Crippen molar-refractivity contribution in [2.45, 2.75) is 52.9 Å². The molecule has 0 nitrogen and oxygen atoms in total. The van der Waals surface area contributed by atoms with Crippen molar-refractivity contribution in [3.8, 4) is 0 Å². The lowest BCUT2D eigenvalue weighted by molar-refractivity contribution is 0.359. The molecule has 0 aliphatic heterocycles. The topological polar surface area (TPSA) is 0 Å². The van der Waals surface area contributed by atoms with E-state index in [1.807, 2.05) is 0 Å². The molecule has 4 unspecified atom stereocenters. The molecule has 2 aliphatic carbocycles. The third-order valence-corrected chi connectivity index (χ3v) is 4.51. The molecule has 0 spiro atoms. The van der Waals surface area contributed by atoms with Crippen molar-refractivity contribution < 1.29 is 0 Å². The highest BCUT2D eigenvalue weighted by Gasteiger charge is 2.53. The van der Waals surface area contributed by atoms with Gasteiger partial charge in [0, 0.05) is 0 Å². The van der Waals surface area contributed by atoms with E-state index in [1.54, 1.807) is 0 Å². The first kappa shape index (κ1) is 8.59. The van der Waals surface area contributed by atoms with E-state index < -0.39 is 0 Å². The maximum absolute atomic E-state index is 2.51. The first-order valence-corrected chi connectivity index (χ1v) is 5.65. The van der Waals surface area contributed by atoms with Crippen molar-refractivity contribution >= 4 is 0 Å². The lowest BCUT2D eigenvalue weighted by Crippen LogP contribution is -2.04. The first-order chi connectivity index (χ1) is 5.65. The molecule has 0 aromatic carbocycles. The van der Waals surface area contributed by atoms with E-state index in [9.17, 15) is 0 Å². The van der Waals surface area contributed by atoms with Gasteiger partial charge in [-0.05, 0) is 48.9 Å². The standard InChI is InChI=1S/C12H22/c1-4-10-5-6-12(3)8-11(12)9(2)7-10/h9-11H,4-8H2,1-3H3. The van der Waals surface area contributed by atoms with Crippen LogP contribution < -0.4 is 0 Å². The number of hydrogen-bond donors (Lipinski definition) is 0. The molecule has 0 N–H and O–H groups in total. The summed E-state index contributed by atoms with van der Waals surface area (Å²) in [5.74, 6) is 3.15. The summed E-state index contributed by atoms with van der Waals surface area (Å²) in [4.78, 5) is 0. The molecule has 0 aromatic heterocycles. The van der Waals surface area contributed by atoms with Gasteiger partial charge in [-0.15, -0.1) is 0 Å². The molecule has 4 atom stereocenters. The lowest BCUT2D eigenvalue weighted by Gasteiger charge is -2.15. The Kier molecular flexibility index (Phi) is 1.97. The van der Waals surface area contributed by atoms with Crippen LogP contribution in [0.4, 0.5) is 0 Å². The number of fused-ring (bicyclic) bond motifs is 1. The van der Waals surface area contributed by atoms with Crippen LogP contribution in [0, 0.1) is 23.2 Å². The van der Waals surface area contributed by atoms with Crippen molar-refractivity contribution in [1.82, 2.24) is 0 Å². The van der Waals surface area contributed by atoms with Gasteiger partial charge < -0.3 is 0 Å². The zero-order valence-electron chi connectivity index (χ0n) is 8.77. The monoisotopic (exact) mass is 166 g/mol. The van der Waals surface area contributed by atoms with Crippen LogP contribution in [0.5, 0.6) is 0 Å². The van der Waals surface area contributed by atoms with Crippen LogP contribution in [0.15, 0.2) is 0 Å². The van der Waals surface area contributed by atoms with E-state index in [0.29, 0.717) is 0 Å². The highest BCUT2D eigenvalue weighted by atomic mass is 14.6. The summed E-state index contributed by atoms with van der Waals surface area (Å²) in [5, 5.41) is 0. The van der Waals surface area contributed by atoms with Crippen LogP contribution in [-0.4, -0.2) is 0 Å². The Bertz CT molecular complexity index is 173. The van der Waals surface area contributed by atoms with Gasteiger partial charge in [0.2, 0.25) is 0 Å². The Morgan fingerprint density at radius 1 is 1.42 bits per heavy atom. The van der Waals surface area contributed by atoms with Gasteiger partial charge in [-0.2, -0.15) is 0 Å². The van der Waals surface area contributed by atoms with Crippen LogP contribution in [0.2, 0.25) is 0 Å². The molecule has 0 heteroatoms. The molecule has 12 heavy (non-hydrogen) atoms. The van der Waals surface area contributed by atoms with Gasteiger partial charge in [0.15, 0.2) is 0 Å². The van der Waals surface area contributed by atoms with Crippen molar-refractivity contribution in [2.75, 3.05) is 0 Å². The molecule has 0 radical (unpaired) electrons. The van der Waals surface area contributed by atoms with Crippen molar-refractivity contribution in [3.05, 3.63) is 0 Å². The molecular weight excluding hydrogens is 144 g/mol. The molecule has 0 amide bonds. The zero-order valence-corrected chi connectivity index (χ0v) is 8.77. The summed E-state index contributed by atoms with van der Waals surface area (Å²) in [5.41, 5.74) is 0.781. The van der Waals surface area contributed by atoms with Crippen LogP contribution in [0.1, 0.15) is 52.9 Å². The Morgan fingerprint density at radius 3 is 2.83 bits per heavy atom. The Labute approximate surface area is 76.7 Å². The third-order valence-electron chi connectivity index (χ3n) is 4.51. The quantitative estimate of drug-likeness (QED) is 0.555. The van der Waals surface area contributed by atoms with Crippen LogP contribution in [0.3, 0.4) is 0 Å². The van der Waals surface area contributed by atoms with Crippen LogP contribution in [-0.2, 0) is 0 Å². The fourth-order valence-electron chi connectivity index (χ4n) is 3.33. The molecule has 0 aromatic rings. The van der Waals surface area contributed by atoms with Crippen molar-refractivity contribution in [1.29, 1.82) is 0 Å². The van der Waals surface area contributed by atoms with Gasteiger partial charge in [-0.25, -0.2) is 0 Å².